The molecular weight excluding hydrogens is 341 g/mol. The minimum absolute atomic E-state index is 0.0759. The predicted octanol–water partition coefficient (Wildman–Crippen LogP) is 3.07. The van der Waals surface area contributed by atoms with Gasteiger partial charge in [-0.3, -0.25) is 0 Å². The molecule has 1 atom stereocenters. The summed E-state index contributed by atoms with van der Waals surface area (Å²) in [6.07, 6.45) is -0.908. The number of sulfonamides is 1. The number of thiophene rings is 1. The molecule has 4 nitrogen and oxygen atoms in total. The molecule has 0 aliphatic heterocycles. The molecule has 8 heteroatoms. The summed E-state index contributed by atoms with van der Waals surface area (Å²) in [5, 5.41) is 13.8. The monoisotopic (exact) mass is 351 g/mol. The maximum atomic E-state index is 12.1. The number of aliphatic hydroxyl groups excluding tert-OH is 1. The van der Waals surface area contributed by atoms with Crippen molar-refractivity contribution in [2.75, 3.05) is 6.54 Å². The molecule has 0 fully saturated rings. The van der Waals surface area contributed by atoms with E-state index >= 15 is 0 Å². The van der Waals surface area contributed by atoms with Crippen molar-refractivity contribution in [1.82, 2.24) is 4.72 Å². The van der Waals surface area contributed by atoms with Gasteiger partial charge in [-0.2, -0.15) is 11.3 Å². The third-order valence-corrected chi connectivity index (χ3v) is 5.42. The van der Waals surface area contributed by atoms with Crippen molar-refractivity contribution in [1.29, 1.82) is 0 Å². The highest BCUT2D eigenvalue weighted by atomic mass is 35.5. The molecular formula is C12H11Cl2NO3S2. The Morgan fingerprint density at radius 1 is 1.30 bits per heavy atom. The second kappa shape index (κ2) is 6.43. The number of halogens is 2. The van der Waals surface area contributed by atoms with E-state index in [1.807, 2.05) is 0 Å². The highest BCUT2D eigenvalue weighted by Crippen LogP contribution is 2.25. The van der Waals surface area contributed by atoms with Gasteiger partial charge in [0.15, 0.2) is 0 Å². The molecule has 20 heavy (non-hydrogen) atoms. The second-order valence-corrected chi connectivity index (χ2v) is 7.36. The highest BCUT2D eigenvalue weighted by molar-refractivity contribution is 7.89. The van der Waals surface area contributed by atoms with Crippen molar-refractivity contribution >= 4 is 44.6 Å². The van der Waals surface area contributed by atoms with Crippen LogP contribution >= 0.6 is 34.5 Å². The van der Waals surface area contributed by atoms with Crippen LogP contribution < -0.4 is 4.72 Å². The largest absolute Gasteiger partial charge is 0.387 e. The third kappa shape index (κ3) is 3.72. The standard InChI is InChI=1S/C12H11Cl2NO3S2/c13-9-1-2-10(14)12(5-9)20(17,18)15-6-11(16)8-3-4-19-7-8/h1-5,7,11,15-16H,6H2. The molecule has 1 aromatic carbocycles. The van der Waals surface area contributed by atoms with Gasteiger partial charge in [-0.15, -0.1) is 0 Å². The Bertz CT molecular complexity index is 687. The molecule has 0 aliphatic rings. The van der Waals surface area contributed by atoms with E-state index in [2.05, 4.69) is 4.72 Å². The van der Waals surface area contributed by atoms with Crippen molar-refractivity contribution in [2.24, 2.45) is 0 Å². The van der Waals surface area contributed by atoms with Crippen LogP contribution in [0.4, 0.5) is 0 Å². The van der Waals surface area contributed by atoms with Crippen LogP contribution in [0.2, 0.25) is 10.0 Å². The lowest BCUT2D eigenvalue weighted by atomic mass is 10.2. The number of hydrogen-bond acceptors (Lipinski definition) is 4. The molecule has 1 aromatic heterocycles. The fraction of sp³-hybridized carbons (Fsp3) is 0.167. The molecule has 108 valence electrons. The lowest BCUT2D eigenvalue weighted by Crippen LogP contribution is -2.28. The van der Waals surface area contributed by atoms with Gasteiger partial charge in [0.05, 0.1) is 11.1 Å². The average molecular weight is 352 g/mol. The summed E-state index contributed by atoms with van der Waals surface area (Å²) in [7, 11) is -3.82. The maximum absolute atomic E-state index is 12.1. The zero-order valence-corrected chi connectivity index (χ0v) is 13.2. The van der Waals surface area contributed by atoms with Gasteiger partial charge in [0, 0.05) is 11.6 Å². The Morgan fingerprint density at radius 3 is 2.70 bits per heavy atom. The van der Waals surface area contributed by atoms with Crippen LogP contribution in [0, 0.1) is 0 Å². The average Bonchev–Trinajstić information content (AvgIpc) is 2.93. The first-order valence-corrected chi connectivity index (χ1v) is 8.73. The van der Waals surface area contributed by atoms with Crippen LogP contribution in [0.25, 0.3) is 0 Å². The number of aliphatic hydroxyl groups is 1. The topological polar surface area (TPSA) is 66.4 Å². The number of rotatable bonds is 5. The van der Waals surface area contributed by atoms with E-state index in [-0.39, 0.29) is 21.5 Å². The first-order chi connectivity index (χ1) is 9.40. The Kier molecular flexibility index (Phi) is 5.06. The van der Waals surface area contributed by atoms with Crippen LogP contribution in [0.1, 0.15) is 11.7 Å². The Hall–Kier alpha value is -0.630. The van der Waals surface area contributed by atoms with E-state index in [0.29, 0.717) is 5.56 Å². The van der Waals surface area contributed by atoms with E-state index < -0.39 is 16.1 Å². The fourth-order valence-corrected chi connectivity index (χ4v) is 4.04. The van der Waals surface area contributed by atoms with Crippen molar-refractivity contribution in [3.8, 4) is 0 Å². The van der Waals surface area contributed by atoms with Gasteiger partial charge in [0.1, 0.15) is 4.90 Å². The highest BCUT2D eigenvalue weighted by Gasteiger charge is 2.20. The normalized spacial score (nSPS) is 13.3. The van der Waals surface area contributed by atoms with Crippen molar-refractivity contribution in [2.45, 2.75) is 11.0 Å². The van der Waals surface area contributed by atoms with E-state index in [4.69, 9.17) is 23.2 Å². The van der Waals surface area contributed by atoms with Crippen LogP contribution in [0.3, 0.4) is 0 Å². The number of hydrogen-bond donors (Lipinski definition) is 2. The first-order valence-electron chi connectivity index (χ1n) is 5.55. The van der Waals surface area contributed by atoms with Gasteiger partial charge in [0.2, 0.25) is 10.0 Å². The van der Waals surface area contributed by atoms with Gasteiger partial charge < -0.3 is 5.11 Å². The zero-order valence-electron chi connectivity index (χ0n) is 10.1. The van der Waals surface area contributed by atoms with Crippen LogP contribution in [-0.2, 0) is 10.0 Å². The van der Waals surface area contributed by atoms with Gasteiger partial charge >= 0.3 is 0 Å². The molecule has 0 bridgehead atoms. The molecule has 1 heterocycles. The van der Waals surface area contributed by atoms with E-state index in [1.165, 1.54) is 29.5 Å². The minimum Gasteiger partial charge on any atom is -0.387 e. The second-order valence-electron chi connectivity index (χ2n) is 4.00. The molecule has 1 unspecified atom stereocenters. The van der Waals surface area contributed by atoms with Crippen LogP contribution in [0.15, 0.2) is 39.9 Å². The maximum Gasteiger partial charge on any atom is 0.242 e. The molecule has 0 spiro atoms. The Balaban J connectivity index is 2.13. The Morgan fingerprint density at radius 2 is 2.05 bits per heavy atom. The molecule has 0 radical (unpaired) electrons. The molecule has 2 rings (SSSR count). The smallest absolute Gasteiger partial charge is 0.242 e. The lowest BCUT2D eigenvalue weighted by Gasteiger charge is -2.12. The van der Waals surface area contributed by atoms with Crippen LogP contribution in [-0.4, -0.2) is 20.1 Å². The summed E-state index contributed by atoms with van der Waals surface area (Å²) in [5.41, 5.74) is 0.662. The van der Waals surface area contributed by atoms with Crippen LogP contribution in [0.5, 0.6) is 0 Å². The summed E-state index contributed by atoms with van der Waals surface area (Å²) in [4.78, 5) is -0.107. The van der Waals surface area contributed by atoms with E-state index in [0.717, 1.165) is 0 Å². The van der Waals surface area contributed by atoms with E-state index in [9.17, 15) is 13.5 Å². The van der Waals surface area contributed by atoms with Gasteiger partial charge in [0.25, 0.3) is 0 Å². The van der Waals surface area contributed by atoms with E-state index in [1.54, 1.807) is 16.8 Å². The van der Waals surface area contributed by atoms with Crippen molar-refractivity contribution < 1.29 is 13.5 Å². The molecule has 2 aromatic rings. The quantitative estimate of drug-likeness (QED) is 0.869. The first kappa shape index (κ1) is 15.8. The molecule has 0 aliphatic carbocycles. The fourth-order valence-electron chi connectivity index (χ4n) is 1.53. The lowest BCUT2D eigenvalue weighted by molar-refractivity contribution is 0.182. The summed E-state index contributed by atoms with van der Waals surface area (Å²) >= 11 is 13.1. The zero-order chi connectivity index (χ0) is 14.8. The number of nitrogens with one attached hydrogen (secondary N) is 1. The molecule has 0 saturated heterocycles. The Labute approximate surface area is 131 Å². The summed E-state index contributed by atoms with van der Waals surface area (Å²) in [6.45, 7) is -0.137. The summed E-state index contributed by atoms with van der Waals surface area (Å²) < 4.78 is 26.5. The minimum atomic E-state index is -3.82. The number of benzene rings is 1. The van der Waals surface area contributed by atoms with Crippen molar-refractivity contribution in [3.05, 3.63) is 50.6 Å². The third-order valence-electron chi connectivity index (χ3n) is 2.58. The van der Waals surface area contributed by atoms with Gasteiger partial charge in [-0.1, -0.05) is 23.2 Å². The molecule has 0 saturated carbocycles. The molecule has 2 N–H and O–H groups in total. The summed E-state index contributed by atoms with van der Waals surface area (Å²) in [5.74, 6) is 0. The predicted molar refractivity (Wildman–Crippen MR) is 80.9 cm³/mol. The SMILES string of the molecule is O=S(=O)(NCC(O)c1ccsc1)c1cc(Cl)ccc1Cl. The van der Waals surface area contributed by atoms with Gasteiger partial charge in [-0.05, 0) is 40.6 Å². The van der Waals surface area contributed by atoms with Gasteiger partial charge in [-0.25, -0.2) is 13.1 Å². The molecule has 0 amide bonds. The summed E-state index contributed by atoms with van der Waals surface area (Å²) in [6, 6.07) is 5.91. The van der Waals surface area contributed by atoms with Crippen molar-refractivity contribution in [3.63, 3.8) is 0 Å².